The summed E-state index contributed by atoms with van der Waals surface area (Å²) in [5.74, 6) is -2.12. The fourth-order valence-corrected chi connectivity index (χ4v) is 3.50. The van der Waals surface area contributed by atoms with Crippen molar-refractivity contribution in [2.24, 2.45) is 0 Å². The molecule has 0 bridgehead atoms. The maximum absolute atomic E-state index is 12.9. The van der Waals surface area contributed by atoms with E-state index in [1.165, 1.54) is 16.8 Å². The first-order valence-corrected chi connectivity index (χ1v) is 8.96. The molecule has 2 aliphatic heterocycles. The Kier molecular flexibility index (Phi) is 5.16. The quantitative estimate of drug-likeness (QED) is 0.553. The summed E-state index contributed by atoms with van der Waals surface area (Å²) in [7, 11) is 1.46. The van der Waals surface area contributed by atoms with Gasteiger partial charge in [0, 0.05) is 19.9 Å². The van der Waals surface area contributed by atoms with Crippen LogP contribution in [0.25, 0.3) is 0 Å². The topological polar surface area (TPSA) is 93.2 Å². The zero-order chi connectivity index (χ0) is 19.6. The maximum Gasteiger partial charge on any atom is 0.354 e. The molecule has 3 rings (SSSR count). The number of likely N-dealkylation sites (N-methyl/N-ethyl adjacent to an activating group) is 1. The molecule has 8 heteroatoms. The fourth-order valence-electron chi connectivity index (χ4n) is 3.50. The van der Waals surface area contributed by atoms with Crippen LogP contribution in [0.3, 0.4) is 0 Å². The number of para-hydroxylation sites is 1. The van der Waals surface area contributed by atoms with Crippen molar-refractivity contribution in [2.45, 2.75) is 38.3 Å². The van der Waals surface area contributed by atoms with Gasteiger partial charge < -0.3 is 14.4 Å². The highest BCUT2D eigenvalue weighted by atomic mass is 16.6. The summed E-state index contributed by atoms with van der Waals surface area (Å²) in [6.45, 7) is 1.66. The molecule has 1 aromatic carbocycles. The van der Waals surface area contributed by atoms with E-state index in [0.717, 1.165) is 12.8 Å². The average molecular weight is 374 g/mol. The van der Waals surface area contributed by atoms with Crippen LogP contribution < -0.4 is 4.90 Å². The second-order valence-electron chi connectivity index (χ2n) is 6.58. The number of carbonyl (C=O) groups excluding carboxylic acids is 4. The van der Waals surface area contributed by atoms with Gasteiger partial charge in [-0.1, -0.05) is 25.5 Å². The standard InChI is InChI=1S/C19H22N2O6/c1-3-4-11-26-16(23)12-27-18(25)19-10-9-15(22)21(19)14-8-6-5-7-13(14)17(24)20(19)2/h5-8H,3-4,9-12H2,1-2H3. The first-order chi connectivity index (χ1) is 12.9. The fraction of sp³-hybridized carbons (Fsp3) is 0.474. The van der Waals surface area contributed by atoms with E-state index in [9.17, 15) is 19.2 Å². The number of fused-ring (bicyclic) bond motifs is 3. The monoisotopic (exact) mass is 374 g/mol. The number of amides is 2. The van der Waals surface area contributed by atoms with Gasteiger partial charge >= 0.3 is 11.9 Å². The Balaban J connectivity index is 1.84. The zero-order valence-corrected chi connectivity index (χ0v) is 15.4. The summed E-state index contributed by atoms with van der Waals surface area (Å²) in [4.78, 5) is 52.5. The van der Waals surface area contributed by atoms with Crippen LogP contribution in [0.1, 0.15) is 43.0 Å². The van der Waals surface area contributed by atoms with Gasteiger partial charge in [-0.05, 0) is 18.6 Å². The molecule has 0 radical (unpaired) electrons. The molecular formula is C19H22N2O6. The molecule has 144 valence electrons. The molecule has 2 aliphatic rings. The van der Waals surface area contributed by atoms with Gasteiger partial charge in [0.2, 0.25) is 11.6 Å². The van der Waals surface area contributed by atoms with Crippen LogP contribution in [0, 0.1) is 0 Å². The molecule has 0 N–H and O–H groups in total. The summed E-state index contributed by atoms with van der Waals surface area (Å²) in [6.07, 6.45) is 1.80. The van der Waals surface area contributed by atoms with E-state index in [0.29, 0.717) is 11.3 Å². The minimum absolute atomic E-state index is 0.0992. The van der Waals surface area contributed by atoms with E-state index < -0.39 is 24.2 Å². The van der Waals surface area contributed by atoms with Crippen molar-refractivity contribution in [1.82, 2.24) is 4.90 Å². The number of nitrogens with zero attached hydrogens (tertiary/aromatic N) is 2. The molecular weight excluding hydrogens is 352 g/mol. The first kappa shape index (κ1) is 18.9. The lowest BCUT2D eigenvalue weighted by molar-refractivity contribution is -0.165. The van der Waals surface area contributed by atoms with Crippen LogP contribution in [0.4, 0.5) is 5.69 Å². The molecule has 1 unspecified atom stereocenters. The SMILES string of the molecule is CCCCOC(=O)COC(=O)C12CCC(=O)N1c1ccccc1C(=O)N2C. The molecule has 0 spiro atoms. The minimum Gasteiger partial charge on any atom is -0.463 e. The Hall–Kier alpha value is -2.90. The third-order valence-electron chi connectivity index (χ3n) is 4.95. The zero-order valence-electron chi connectivity index (χ0n) is 15.4. The smallest absolute Gasteiger partial charge is 0.354 e. The number of hydrogen-bond acceptors (Lipinski definition) is 6. The van der Waals surface area contributed by atoms with Crippen molar-refractivity contribution in [3.8, 4) is 0 Å². The minimum atomic E-state index is -1.58. The molecule has 0 aliphatic carbocycles. The van der Waals surface area contributed by atoms with Crippen LogP contribution in [0.15, 0.2) is 24.3 Å². The lowest BCUT2D eigenvalue weighted by Crippen LogP contribution is -2.67. The number of esters is 2. The predicted molar refractivity (Wildman–Crippen MR) is 94.8 cm³/mol. The van der Waals surface area contributed by atoms with Gasteiger partial charge in [0.05, 0.1) is 17.9 Å². The lowest BCUT2D eigenvalue weighted by Gasteiger charge is -2.46. The predicted octanol–water partition coefficient (Wildman–Crippen LogP) is 1.48. The highest BCUT2D eigenvalue weighted by Crippen LogP contribution is 2.44. The van der Waals surface area contributed by atoms with Crippen molar-refractivity contribution < 1.29 is 28.7 Å². The third-order valence-corrected chi connectivity index (χ3v) is 4.95. The highest BCUT2D eigenvalue weighted by Gasteiger charge is 2.60. The normalized spacial score (nSPS) is 21.0. The number of rotatable bonds is 6. The molecule has 27 heavy (non-hydrogen) atoms. The van der Waals surface area contributed by atoms with Crippen LogP contribution >= 0.6 is 0 Å². The van der Waals surface area contributed by atoms with E-state index in [1.54, 1.807) is 24.3 Å². The van der Waals surface area contributed by atoms with Gasteiger partial charge in [-0.2, -0.15) is 0 Å². The van der Waals surface area contributed by atoms with Crippen molar-refractivity contribution in [3.05, 3.63) is 29.8 Å². The number of benzene rings is 1. The van der Waals surface area contributed by atoms with E-state index in [-0.39, 0.29) is 31.3 Å². The van der Waals surface area contributed by atoms with Crippen LogP contribution in [-0.2, 0) is 23.9 Å². The highest BCUT2D eigenvalue weighted by molar-refractivity contribution is 6.15. The van der Waals surface area contributed by atoms with E-state index in [4.69, 9.17) is 9.47 Å². The van der Waals surface area contributed by atoms with E-state index >= 15 is 0 Å². The second-order valence-corrected chi connectivity index (χ2v) is 6.58. The Morgan fingerprint density at radius 3 is 2.67 bits per heavy atom. The van der Waals surface area contributed by atoms with Gasteiger partial charge in [-0.15, -0.1) is 0 Å². The van der Waals surface area contributed by atoms with Gasteiger partial charge in [0.25, 0.3) is 5.91 Å². The summed E-state index contributed by atoms with van der Waals surface area (Å²) in [5.41, 5.74) is -0.852. The molecule has 2 amide bonds. The van der Waals surface area contributed by atoms with Crippen molar-refractivity contribution >= 4 is 29.4 Å². The number of ether oxygens (including phenoxy) is 2. The average Bonchev–Trinajstić information content (AvgIpc) is 3.03. The number of carbonyl (C=O) groups is 4. The Morgan fingerprint density at radius 1 is 1.19 bits per heavy atom. The first-order valence-electron chi connectivity index (χ1n) is 8.96. The van der Waals surface area contributed by atoms with Gasteiger partial charge in [0.1, 0.15) is 0 Å². The Bertz CT molecular complexity index is 792. The molecule has 0 aromatic heterocycles. The molecule has 0 saturated carbocycles. The number of anilines is 1. The Labute approximate surface area is 157 Å². The third kappa shape index (κ3) is 3.05. The molecule has 1 saturated heterocycles. The summed E-state index contributed by atoms with van der Waals surface area (Å²) in [5, 5.41) is 0. The van der Waals surface area contributed by atoms with E-state index in [1.807, 2.05) is 6.92 Å². The summed E-state index contributed by atoms with van der Waals surface area (Å²) in [6, 6.07) is 6.64. The molecule has 2 heterocycles. The second kappa shape index (κ2) is 7.38. The summed E-state index contributed by atoms with van der Waals surface area (Å²) >= 11 is 0. The maximum atomic E-state index is 12.9. The molecule has 8 nitrogen and oxygen atoms in total. The van der Waals surface area contributed by atoms with Crippen LogP contribution in [-0.4, -0.2) is 54.6 Å². The number of unbranched alkanes of at least 4 members (excludes halogenated alkanes) is 1. The largest absolute Gasteiger partial charge is 0.463 e. The van der Waals surface area contributed by atoms with Gasteiger partial charge in [0.15, 0.2) is 6.61 Å². The van der Waals surface area contributed by atoms with Gasteiger partial charge in [-0.25, -0.2) is 9.59 Å². The van der Waals surface area contributed by atoms with Crippen molar-refractivity contribution in [1.29, 1.82) is 0 Å². The van der Waals surface area contributed by atoms with E-state index in [2.05, 4.69) is 0 Å². The van der Waals surface area contributed by atoms with Crippen LogP contribution in [0.2, 0.25) is 0 Å². The number of hydrogen-bond donors (Lipinski definition) is 0. The van der Waals surface area contributed by atoms with Gasteiger partial charge in [-0.3, -0.25) is 14.5 Å². The Morgan fingerprint density at radius 2 is 1.93 bits per heavy atom. The summed E-state index contributed by atoms with van der Waals surface area (Å²) < 4.78 is 10.1. The molecule has 1 fully saturated rings. The van der Waals surface area contributed by atoms with Crippen LogP contribution in [0.5, 0.6) is 0 Å². The molecule has 1 atom stereocenters. The lowest BCUT2D eigenvalue weighted by atomic mass is 9.97. The van der Waals surface area contributed by atoms with Crippen molar-refractivity contribution in [3.63, 3.8) is 0 Å². The molecule has 1 aromatic rings. The van der Waals surface area contributed by atoms with Crippen molar-refractivity contribution in [2.75, 3.05) is 25.2 Å².